The van der Waals surface area contributed by atoms with Crippen molar-refractivity contribution in [3.05, 3.63) is 0 Å². The molecule has 0 radical (unpaired) electrons. The third-order valence-electron chi connectivity index (χ3n) is 1.92. The van der Waals surface area contributed by atoms with Crippen LogP contribution < -0.4 is 0 Å². The highest BCUT2D eigenvalue weighted by molar-refractivity contribution is 5.79. The minimum absolute atomic E-state index is 0.272. The van der Waals surface area contributed by atoms with E-state index in [9.17, 15) is 4.79 Å². The predicted octanol–water partition coefficient (Wildman–Crippen LogP) is 1.73. The number of nitrogens with zero attached hydrogens (tertiary/aromatic N) is 2. The molecule has 0 aromatic carbocycles. The van der Waals surface area contributed by atoms with E-state index in [1.54, 1.807) is 6.92 Å². The van der Waals surface area contributed by atoms with Gasteiger partial charge in [-0.2, -0.15) is 0 Å². The zero-order chi connectivity index (χ0) is 10.3. The molecule has 0 heterocycles. The van der Waals surface area contributed by atoms with Gasteiger partial charge in [0.05, 0.1) is 5.84 Å². The summed E-state index contributed by atoms with van der Waals surface area (Å²) in [5, 5.41) is 0. The molecule has 0 N–H and O–H groups in total. The van der Waals surface area contributed by atoms with Crippen LogP contribution in [0.4, 0.5) is 0 Å². The lowest BCUT2D eigenvalue weighted by Crippen LogP contribution is -2.18. The van der Waals surface area contributed by atoms with Crippen LogP contribution in [0.25, 0.3) is 0 Å². The molecule has 0 aromatic heterocycles. The Hall–Kier alpha value is -0.860. The number of hydrogen-bond acceptors (Lipinski definition) is 2. The van der Waals surface area contributed by atoms with Gasteiger partial charge >= 0.3 is 0 Å². The van der Waals surface area contributed by atoms with Gasteiger partial charge in [0.15, 0.2) is 0 Å². The molecule has 0 unspecified atom stereocenters. The number of ketones is 1. The topological polar surface area (TPSA) is 32.7 Å². The quantitative estimate of drug-likeness (QED) is 0.370. The molecular formula is C10H20N2O. The third-order valence-corrected chi connectivity index (χ3v) is 1.92. The first-order valence-corrected chi connectivity index (χ1v) is 4.72. The Morgan fingerprint density at radius 3 is 2.31 bits per heavy atom. The number of amidine groups is 1. The summed E-state index contributed by atoms with van der Waals surface area (Å²) in [7, 11) is 3.96. The minimum atomic E-state index is 0.272. The Morgan fingerprint density at radius 1 is 1.23 bits per heavy atom. The van der Waals surface area contributed by atoms with Crippen molar-refractivity contribution >= 4 is 11.6 Å². The molecule has 13 heavy (non-hydrogen) atoms. The fourth-order valence-electron chi connectivity index (χ4n) is 0.868. The lowest BCUT2D eigenvalue weighted by molar-refractivity contribution is -0.117. The van der Waals surface area contributed by atoms with E-state index in [2.05, 4.69) is 4.99 Å². The number of carbonyl (C=O) groups excluding carboxylic acids is 1. The molecule has 0 rings (SSSR count). The average molecular weight is 184 g/mol. The summed E-state index contributed by atoms with van der Waals surface area (Å²) < 4.78 is 0. The molecule has 0 aliphatic rings. The lowest BCUT2D eigenvalue weighted by atomic mass is 10.2. The molecule has 0 saturated heterocycles. The van der Waals surface area contributed by atoms with Crippen molar-refractivity contribution < 1.29 is 4.79 Å². The van der Waals surface area contributed by atoms with Gasteiger partial charge in [-0.25, -0.2) is 0 Å². The second kappa shape index (κ2) is 6.63. The van der Waals surface area contributed by atoms with E-state index in [4.69, 9.17) is 0 Å². The van der Waals surface area contributed by atoms with Crippen molar-refractivity contribution in [2.24, 2.45) is 4.99 Å². The van der Waals surface area contributed by atoms with Crippen LogP contribution >= 0.6 is 0 Å². The molecule has 0 atom stereocenters. The number of rotatable bonds is 5. The smallest absolute Gasteiger partial charge is 0.129 e. The van der Waals surface area contributed by atoms with Crippen molar-refractivity contribution in [2.75, 3.05) is 20.6 Å². The van der Waals surface area contributed by atoms with Gasteiger partial charge in [-0.1, -0.05) is 0 Å². The second-order valence-electron chi connectivity index (χ2n) is 3.48. The van der Waals surface area contributed by atoms with Crippen LogP contribution in [0, 0.1) is 0 Å². The number of carbonyl (C=O) groups is 1. The second-order valence-corrected chi connectivity index (χ2v) is 3.48. The third kappa shape index (κ3) is 7.50. The summed E-state index contributed by atoms with van der Waals surface area (Å²) in [5.74, 6) is 1.32. The van der Waals surface area contributed by atoms with Crippen LogP contribution in [-0.2, 0) is 4.79 Å². The fourth-order valence-corrected chi connectivity index (χ4v) is 0.868. The van der Waals surface area contributed by atoms with E-state index < -0.39 is 0 Å². The molecular weight excluding hydrogens is 164 g/mol. The first-order valence-electron chi connectivity index (χ1n) is 4.72. The zero-order valence-electron chi connectivity index (χ0n) is 9.13. The van der Waals surface area contributed by atoms with E-state index in [0.29, 0.717) is 6.42 Å². The van der Waals surface area contributed by atoms with Crippen LogP contribution in [0.3, 0.4) is 0 Å². The van der Waals surface area contributed by atoms with Gasteiger partial charge in [-0.15, -0.1) is 0 Å². The first-order chi connectivity index (χ1) is 6.04. The maximum atomic E-state index is 10.6. The number of unbranched alkanes of at least 4 members (excludes halogenated alkanes) is 1. The number of Topliss-reactive ketones (excluding diaryl/α,β-unsaturated/α-hetero) is 1. The molecule has 3 nitrogen and oxygen atoms in total. The lowest BCUT2D eigenvalue weighted by Gasteiger charge is -2.10. The molecule has 3 heteroatoms. The highest BCUT2D eigenvalue weighted by Crippen LogP contribution is 1.97. The van der Waals surface area contributed by atoms with Gasteiger partial charge in [0.25, 0.3) is 0 Å². The summed E-state index contributed by atoms with van der Waals surface area (Å²) >= 11 is 0. The maximum absolute atomic E-state index is 10.6. The molecule has 0 bridgehead atoms. The largest absolute Gasteiger partial charge is 0.367 e. The Balaban J connectivity index is 3.44. The van der Waals surface area contributed by atoms with Gasteiger partial charge in [-0.3, -0.25) is 4.99 Å². The Labute approximate surface area is 80.8 Å². The predicted molar refractivity (Wildman–Crippen MR) is 56.2 cm³/mol. The minimum Gasteiger partial charge on any atom is -0.367 e. The molecule has 0 fully saturated rings. The Kier molecular flexibility index (Phi) is 6.20. The van der Waals surface area contributed by atoms with E-state index in [0.717, 1.165) is 25.2 Å². The van der Waals surface area contributed by atoms with E-state index in [-0.39, 0.29) is 5.78 Å². The Bertz CT molecular complexity index is 185. The summed E-state index contributed by atoms with van der Waals surface area (Å²) in [5.41, 5.74) is 0. The molecule has 76 valence electrons. The van der Waals surface area contributed by atoms with E-state index in [1.165, 1.54) is 0 Å². The SMILES string of the molecule is CC(=O)CCCCN=C(C)N(C)C. The van der Waals surface area contributed by atoms with Gasteiger partial charge < -0.3 is 9.69 Å². The van der Waals surface area contributed by atoms with E-state index >= 15 is 0 Å². The fraction of sp³-hybridized carbons (Fsp3) is 0.800. The standard InChI is InChI=1S/C10H20N2O/c1-9(13)7-5-6-8-11-10(2)12(3)4/h5-8H2,1-4H3. The molecule has 0 aromatic rings. The summed E-state index contributed by atoms with van der Waals surface area (Å²) in [6.45, 7) is 4.45. The van der Waals surface area contributed by atoms with Crippen molar-refractivity contribution in [2.45, 2.75) is 33.1 Å². The highest BCUT2D eigenvalue weighted by atomic mass is 16.1. The van der Waals surface area contributed by atoms with Crippen molar-refractivity contribution in [1.82, 2.24) is 4.90 Å². The number of aliphatic imine (C=N–C) groups is 1. The molecule has 0 aliphatic heterocycles. The Morgan fingerprint density at radius 2 is 1.85 bits per heavy atom. The van der Waals surface area contributed by atoms with Crippen LogP contribution in [0.2, 0.25) is 0 Å². The molecule has 0 saturated carbocycles. The van der Waals surface area contributed by atoms with Crippen LogP contribution in [0.1, 0.15) is 33.1 Å². The van der Waals surface area contributed by atoms with Crippen molar-refractivity contribution in [1.29, 1.82) is 0 Å². The van der Waals surface area contributed by atoms with Crippen LogP contribution in [0.5, 0.6) is 0 Å². The highest BCUT2D eigenvalue weighted by Gasteiger charge is 1.94. The van der Waals surface area contributed by atoms with Gasteiger partial charge in [0, 0.05) is 27.1 Å². The van der Waals surface area contributed by atoms with Crippen molar-refractivity contribution in [3.8, 4) is 0 Å². The molecule has 0 aliphatic carbocycles. The van der Waals surface area contributed by atoms with Crippen LogP contribution in [-0.4, -0.2) is 37.2 Å². The van der Waals surface area contributed by atoms with E-state index in [1.807, 2.05) is 25.9 Å². The normalized spacial score (nSPS) is 11.5. The average Bonchev–Trinajstić information content (AvgIpc) is 2.02. The summed E-state index contributed by atoms with van der Waals surface area (Å²) in [4.78, 5) is 16.9. The molecule has 0 spiro atoms. The number of hydrogen-bond donors (Lipinski definition) is 0. The van der Waals surface area contributed by atoms with Crippen LogP contribution in [0.15, 0.2) is 4.99 Å². The molecule has 0 amide bonds. The summed E-state index contributed by atoms with van der Waals surface area (Å²) in [6, 6.07) is 0. The van der Waals surface area contributed by atoms with Gasteiger partial charge in [-0.05, 0) is 26.7 Å². The van der Waals surface area contributed by atoms with Gasteiger partial charge in [0.1, 0.15) is 5.78 Å². The zero-order valence-corrected chi connectivity index (χ0v) is 9.13. The van der Waals surface area contributed by atoms with Crippen molar-refractivity contribution in [3.63, 3.8) is 0 Å². The van der Waals surface area contributed by atoms with Gasteiger partial charge in [0.2, 0.25) is 0 Å². The first kappa shape index (κ1) is 12.1. The maximum Gasteiger partial charge on any atom is 0.129 e. The summed E-state index contributed by atoms with van der Waals surface area (Å²) in [6.07, 6.45) is 2.65. The monoisotopic (exact) mass is 184 g/mol.